The summed E-state index contributed by atoms with van der Waals surface area (Å²) in [5.41, 5.74) is 1.61. The zero-order valence-corrected chi connectivity index (χ0v) is 15.5. The molecule has 2 rings (SSSR count). The number of urea groups is 1. The van der Waals surface area contributed by atoms with Gasteiger partial charge < -0.3 is 14.8 Å². The molecule has 2 N–H and O–H groups in total. The normalized spacial score (nSPS) is 10.3. The van der Waals surface area contributed by atoms with E-state index in [1.54, 1.807) is 12.1 Å². The van der Waals surface area contributed by atoms with Crippen molar-refractivity contribution in [1.82, 2.24) is 10.6 Å². The van der Waals surface area contributed by atoms with Gasteiger partial charge >= 0.3 is 12.0 Å². The summed E-state index contributed by atoms with van der Waals surface area (Å²) in [6.07, 6.45) is 2.73. The van der Waals surface area contributed by atoms with Gasteiger partial charge in [-0.1, -0.05) is 48.5 Å². The lowest BCUT2D eigenvalue weighted by Crippen LogP contribution is -2.41. The van der Waals surface area contributed by atoms with E-state index in [9.17, 15) is 14.4 Å². The highest BCUT2D eigenvalue weighted by Gasteiger charge is 2.09. The fourth-order valence-electron chi connectivity index (χ4n) is 2.23. The number of rotatable bonds is 8. The summed E-state index contributed by atoms with van der Waals surface area (Å²) in [5, 5.41) is 4.64. The molecule has 7 nitrogen and oxygen atoms in total. The van der Waals surface area contributed by atoms with Gasteiger partial charge in [-0.2, -0.15) is 0 Å². The van der Waals surface area contributed by atoms with Gasteiger partial charge in [0.05, 0.1) is 6.61 Å². The predicted octanol–water partition coefficient (Wildman–Crippen LogP) is 2.67. The summed E-state index contributed by atoms with van der Waals surface area (Å²) in [6, 6.07) is 15.8. The lowest BCUT2D eigenvalue weighted by molar-refractivity contribution is -0.143. The quantitative estimate of drug-likeness (QED) is 0.541. The van der Waals surface area contributed by atoms with Crippen molar-refractivity contribution in [1.29, 1.82) is 0 Å². The van der Waals surface area contributed by atoms with Gasteiger partial charge in [0, 0.05) is 18.2 Å². The van der Waals surface area contributed by atoms with Crippen molar-refractivity contribution in [3.63, 3.8) is 0 Å². The minimum Gasteiger partial charge on any atom is -0.493 e. The van der Waals surface area contributed by atoms with E-state index in [0.29, 0.717) is 17.9 Å². The Bertz CT molecular complexity index is 834. The molecule has 2 aromatic carbocycles. The molecule has 2 aromatic rings. The Morgan fingerprint density at radius 1 is 1.00 bits per heavy atom. The second-order valence-corrected chi connectivity index (χ2v) is 5.63. The van der Waals surface area contributed by atoms with Crippen LogP contribution < -0.4 is 15.4 Å². The number of esters is 1. The first kappa shape index (κ1) is 20.7. The van der Waals surface area contributed by atoms with E-state index >= 15 is 0 Å². The van der Waals surface area contributed by atoms with Crippen molar-refractivity contribution >= 4 is 24.0 Å². The van der Waals surface area contributed by atoms with Crippen molar-refractivity contribution < 1.29 is 23.9 Å². The molecule has 146 valence electrons. The Hall–Kier alpha value is -3.61. The molecule has 0 atom stereocenters. The van der Waals surface area contributed by atoms with Crippen molar-refractivity contribution in [2.24, 2.45) is 0 Å². The summed E-state index contributed by atoms with van der Waals surface area (Å²) >= 11 is 0. The third kappa shape index (κ3) is 7.33. The van der Waals surface area contributed by atoms with E-state index in [0.717, 1.165) is 5.56 Å². The predicted molar refractivity (Wildman–Crippen MR) is 104 cm³/mol. The van der Waals surface area contributed by atoms with Crippen LogP contribution in [-0.4, -0.2) is 31.1 Å². The topological polar surface area (TPSA) is 93.7 Å². The molecule has 7 heteroatoms. The van der Waals surface area contributed by atoms with Gasteiger partial charge in [0.15, 0.2) is 6.61 Å². The maximum Gasteiger partial charge on any atom is 0.331 e. The largest absolute Gasteiger partial charge is 0.493 e. The molecule has 28 heavy (non-hydrogen) atoms. The zero-order chi connectivity index (χ0) is 20.2. The van der Waals surface area contributed by atoms with Gasteiger partial charge in [-0.15, -0.1) is 0 Å². The summed E-state index contributed by atoms with van der Waals surface area (Å²) in [7, 11) is 0. The first-order valence-electron chi connectivity index (χ1n) is 8.76. The van der Waals surface area contributed by atoms with Crippen LogP contribution in [0.5, 0.6) is 5.75 Å². The molecule has 3 amide bonds. The number of ether oxygens (including phenoxy) is 2. The van der Waals surface area contributed by atoms with Crippen LogP contribution in [0, 0.1) is 0 Å². The van der Waals surface area contributed by atoms with Gasteiger partial charge in [-0.3, -0.25) is 10.1 Å². The highest BCUT2D eigenvalue weighted by molar-refractivity contribution is 5.96. The third-order valence-electron chi connectivity index (χ3n) is 3.51. The average molecular weight is 382 g/mol. The Kier molecular flexibility index (Phi) is 8.26. The van der Waals surface area contributed by atoms with E-state index in [-0.39, 0.29) is 6.54 Å². The number of amides is 3. The fraction of sp³-hybridized carbons (Fsp3) is 0.190. The standard InChI is InChI=1S/C21H22N2O5/c1-2-27-18-11-7-6-10-17(18)12-13-20(25)28-15-19(24)23-21(26)22-14-16-8-4-3-5-9-16/h3-13H,2,14-15H2,1H3,(H2,22,23,24,26)/b13-12+. The Balaban J connectivity index is 1.73. The molecular formula is C21H22N2O5. The van der Waals surface area contributed by atoms with Gasteiger partial charge in [0.25, 0.3) is 5.91 Å². The Morgan fingerprint density at radius 2 is 1.71 bits per heavy atom. The summed E-state index contributed by atoms with van der Waals surface area (Å²) in [6.45, 7) is 2.09. The van der Waals surface area contributed by atoms with Crippen molar-refractivity contribution in [2.45, 2.75) is 13.5 Å². The SMILES string of the molecule is CCOc1ccccc1/C=C/C(=O)OCC(=O)NC(=O)NCc1ccccc1. The summed E-state index contributed by atoms with van der Waals surface area (Å²) in [4.78, 5) is 35.1. The van der Waals surface area contributed by atoms with Crippen LogP contribution in [-0.2, 0) is 20.9 Å². The molecule has 0 aliphatic rings. The van der Waals surface area contributed by atoms with Crippen LogP contribution in [0.3, 0.4) is 0 Å². The Morgan fingerprint density at radius 3 is 2.46 bits per heavy atom. The van der Waals surface area contributed by atoms with Crippen LogP contribution in [0.1, 0.15) is 18.1 Å². The number of carbonyl (C=O) groups is 3. The highest BCUT2D eigenvalue weighted by atomic mass is 16.5. The first-order valence-corrected chi connectivity index (χ1v) is 8.76. The van der Waals surface area contributed by atoms with Crippen LogP contribution in [0.2, 0.25) is 0 Å². The van der Waals surface area contributed by atoms with Gasteiger partial charge in [0.2, 0.25) is 0 Å². The fourth-order valence-corrected chi connectivity index (χ4v) is 2.23. The maximum absolute atomic E-state index is 11.8. The minimum atomic E-state index is -0.720. The lowest BCUT2D eigenvalue weighted by Gasteiger charge is -2.07. The number of benzene rings is 2. The van der Waals surface area contributed by atoms with E-state index in [4.69, 9.17) is 9.47 Å². The number of hydrogen-bond donors (Lipinski definition) is 2. The number of imide groups is 1. The molecular weight excluding hydrogens is 360 g/mol. The summed E-state index contributed by atoms with van der Waals surface area (Å²) in [5.74, 6) is -0.782. The van der Waals surface area contributed by atoms with Gasteiger partial charge in [-0.25, -0.2) is 9.59 Å². The zero-order valence-electron chi connectivity index (χ0n) is 15.5. The Labute approximate surface area is 163 Å². The van der Waals surface area contributed by atoms with Gasteiger partial charge in [-0.05, 0) is 24.6 Å². The number of carbonyl (C=O) groups excluding carboxylic acids is 3. The molecule has 0 saturated heterocycles. The molecule has 0 radical (unpaired) electrons. The first-order chi connectivity index (χ1) is 13.6. The highest BCUT2D eigenvalue weighted by Crippen LogP contribution is 2.19. The van der Waals surface area contributed by atoms with Crippen molar-refractivity contribution in [3.8, 4) is 5.75 Å². The van der Waals surface area contributed by atoms with Crippen molar-refractivity contribution in [3.05, 3.63) is 71.8 Å². The number of para-hydroxylation sites is 1. The maximum atomic E-state index is 11.8. The molecule has 0 aromatic heterocycles. The molecule has 0 spiro atoms. The second kappa shape index (κ2) is 11.2. The smallest absolute Gasteiger partial charge is 0.331 e. The van der Waals surface area contributed by atoms with Crippen molar-refractivity contribution in [2.75, 3.05) is 13.2 Å². The van der Waals surface area contributed by atoms with Gasteiger partial charge in [0.1, 0.15) is 5.75 Å². The lowest BCUT2D eigenvalue weighted by atomic mass is 10.2. The number of hydrogen-bond acceptors (Lipinski definition) is 5. The second-order valence-electron chi connectivity index (χ2n) is 5.63. The molecule has 0 aliphatic carbocycles. The van der Waals surface area contributed by atoms with E-state index < -0.39 is 24.5 Å². The monoisotopic (exact) mass is 382 g/mol. The van der Waals surface area contributed by atoms with Crippen LogP contribution in [0.25, 0.3) is 6.08 Å². The molecule has 0 heterocycles. The molecule has 0 fully saturated rings. The average Bonchev–Trinajstić information content (AvgIpc) is 2.71. The van der Waals surface area contributed by atoms with Crippen LogP contribution in [0.15, 0.2) is 60.7 Å². The molecule has 0 aliphatic heterocycles. The van der Waals surface area contributed by atoms with Crippen LogP contribution >= 0.6 is 0 Å². The third-order valence-corrected chi connectivity index (χ3v) is 3.51. The van der Waals surface area contributed by atoms with E-state index in [1.165, 1.54) is 12.2 Å². The van der Waals surface area contributed by atoms with E-state index in [1.807, 2.05) is 49.4 Å². The van der Waals surface area contributed by atoms with E-state index in [2.05, 4.69) is 10.6 Å². The minimum absolute atomic E-state index is 0.279. The molecule has 0 unspecified atom stereocenters. The number of nitrogens with one attached hydrogen (secondary N) is 2. The summed E-state index contributed by atoms with van der Waals surface area (Å²) < 4.78 is 10.3. The van der Waals surface area contributed by atoms with Crippen LogP contribution in [0.4, 0.5) is 4.79 Å². The molecule has 0 bridgehead atoms. The molecule has 0 saturated carbocycles.